The molecule has 144 valence electrons. The van der Waals surface area contributed by atoms with Crippen molar-refractivity contribution in [3.63, 3.8) is 0 Å². The molecule has 1 aromatic rings. The van der Waals surface area contributed by atoms with E-state index in [2.05, 4.69) is 32.8 Å². The van der Waals surface area contributed by atoms with E-state index in [1.807, 2.05) is 31.2 Å². The zero-order chi connectivity index (χ0) is 18.8. The highest BCUT2D eigenvalue weighted by atomic mass is 16.1. The van der Waals surface area contributed by atoms with E-state index >= 15 is 0 Å². The number of piperidine rings is 1. The first-order chi connectivity index (χ1) is 12.7. The molecule has 2 rings (SSSR count). The monoisotopic (exact) mass is 359 g/mol. The molecular formula is C20H33N5O. The summed E-state index contributed by atoms with van der Waals surface area (Å²) < 4.78 is 0. The lowest BCUT2D eigenvalue weighted by molar-refractivity contribution is 0.0956. The van der Waals surface area contributed by atoms with E-state index < -0.39 is 0 Å². The number of benzene rings is 1. The highest BCUT2D eigenvalue weighted by Crippen LogP contribution is 2.10. The van der Waals surface area contributed by atoms with E-state index in [4.69, 9.17) is 0 Å². The van der Waals surface area contributed by atoms with Gasteiger partial charge in [-0.05, 0) is 50.4 Å². The summed E-state index contributed by atoms with van der Waals surface area (Å²) in [5, 5.41) is 9.71. The van der Waals surface area contributed by atoms with Crippen molar-refractivity contribution < 1.29 is 4.79 Å². The van der Waals surface area contributed by atoms with Crippen LogP contribution in [-0.4, -0.2) is 56.0 Å². The molecular weight excluding hydrogens is 326 g/mol. The minimum Gasteiger partial charge on any atom is -0.354 e. The van der Waals surface area contributed by atoms with Gasteiger partial charge in [-0.25, -0.2) is 0 Å². The molecule has 1 saturated heterocycles. The van der Waals surface area contributed by atoms with Gasteiger partial charge in [0.25, 0.3) is 5.91 Å². The van der Waals surface area contributed by atoms with Gasteiger partial charge in [0.2, 0.25) is 0 Å². The summed E-state index contributed by atoms with van der Waals surface area (Å²) >= 11 is 0. The highest BCUT2D eigenvalue weighted by Gasteiger charge is 2.19. The number of carbonyl (C=O) groups is 1. The van der Waals surface area contributed by atoms with E-state index in [-0.39, 0.29) is 5.91 Å². The van der Waals surface area contributed by atoms with Crippen molar-refractivity contribution in [3.8, 4) is 0 Å². The van der Waals surface area contributed by atoms with Crippen molar-refractivity contribution in [2.24, 2.45) is 4.99 Å². The van der Waals surface area contributed by atoms with E-state index in [1.54, 1.807) is 7.05 Å². The summed E-state index contributed by atoms with van der Waals surface area (Å²) in [6, 6.07) is 8.17. The molecule has 3 N–H and O–H groups in total. The number of aliphatic imine (C=N–C) groups is 1. The van der Waals surface area contributed by atoms with Crippen LogP contribution < -0.4 is 16.0 Å². The number of carbonyl (C=O) groups excluding carboxylic acids is 1. The highest BCUT2D eigenvalue weighted by molar-refractivity contribution is 5.94. The number of nitrogens with zero attached hydrogens (tertiary/aromatic N) is 2. The van der Waals surface area contributed by atoms with Gasteiger partial charge < -0.3 is 20.9 Å². The molecule has 1 aliphatic rings. The Balaban J connectivity index is 1.77. The summed E-state index contributed by atoms with van der Waals surface area (Å²) in [5.74, 6) is 0.811. The molecule has 0 atom stereocenters. The Morgan fingerprint density at radius 2 is 1.85 bits per heavy atom. The summed E-state index contributed by atoms with van der Waals surface area (Å²) in [4.78, 5) is 18.7. The lowest BCUT2D eigenvalue weighted by Crippen LogP contribution is -2.48. The van der Waals surface area contributed by atoms with Crippen LogP contribution in [0, 0.1) is 0 Å². The molecule has 0 radical (unpaired) electrons. The first-order valence-electron chi connectivity index (χ1n) is 9.73. The quantitative estimate of drug-likeness (QED) is 0.514. The van der Waals surface area contributed by atoms with Crippen molar-refractivity contribution in [1.82, 2.24) is 20.9 Å². The zero-order valence-electron chi connectivity index (χ0n) is 16.3. The van der Waals surface area contributed by atoms with Crippen molar-refractivity contribution in [2.75, 3.05) is 33.2 Å². The zero-order valence-corrected chi connectivity index (χ0v) is 16.3. The first-order valence-corrected chi connectivity index (χ1v) is 9.73. The van der Waals surface area contributed by atoms with Crippen molar-refractivity contribution >= 4 is 11.9 Å². The second-order valence-corrected chi connectivity index (χ2v) is 6.74. The average Bonchev–Trinajstić information content (AvgIpc) is 2.67. The summed E-state index contributed by atoms with van der Waals surface area (Å²) in [5.41, 5.74) is 1.82. The normalized spacial score (nSPS) is 16.3. The van der Waals surface area contributed by atoms with Gasteiger partial charge in [0.15, 0.2) is 5.96 Å². The van der Waals surface area contributed by atoms with Gasteiger partial charge in [-0.3, -0.25) is 9.79 Å². The standard InChI is InChI=1S/C20H33N5O/c1-4-12-25-13-10-18(11-14-25)24-20(21-3)23-15-16-6-8-17(9-7-16)19(26)22-5-2/h6-9,18H,4-5,10-15H2,1-3H3,(H,22,26)(H2,21,23,24). The Labute approximate surface area is 157 Å². The molecule has 1 aromatic carbocycles. The van der Waals surface area contributed by atoms with Gasteiger partial charge in [-0.15, -0.1) is 0 Å². The molecule has 6 nitrogen and oxygen atoms in total. The van der Waals surface area contributed by atoms with Crippen LogP contribution >= 0.6 is 0 Å². The Morgan fingerprint density at radius 1 is 1.15 bits per heavy atom. The van der Waals surface area contributed by atoms with Crippen LogP contribution in [0.15, 0.2) is 29.3 Å². The van der Waals surface area contributed by atoms with Crippen LogP contribution in [0.3, 0.4) is 0 Å². The fourth-order valence-corrected chi connectivity index (χ4v) is 3.23. The average molecular weight is 360 g/mol. The molecule has 0 unspecified atom stereocenters. The van der Waals surface area contributed by atoms with Crippen molar-refractivity contribution in [2.45, 2.75) is 45.7 Å². The molecule has 0 spiro atoms. The predicted octanol–water partition coefficient (Wildman–Crippen LogP) is 1.98. The summed E-state index contributed by atoms with van der Waals surface area (Å²) in [7, 11) is 1.81. The molecule has 0 aliphatic carbocycles. The van der Waals surface area contributed by atoms with Gasteiger partial charge in [-0.1, -0.05) is 19.1 Å². The predicted molar refractivity (Wildman–Crippen MR) is 108 cm³/mol. The second-order valence-electron chi connectivity index (χ2n) is 6.74. The molecule has 0 saturated carbocycles. The third kappa shape index (κ3) is 6.33. The Kier molecular flexibility index (Phi) is 8.41. The maximum atomic E-state index is 11.8. The first kappa shape index (κ1) is 20.2. The topological polar surface area (TPSA) is 68.8 Å². The number of guanidine groups is 1. The molecule has 1 heterocycles. The van der Waals surface area contributed by atoms with Crippen LogP contribution in [0.4, 0.5) is 0 Å². The maximum Gasteiger partial charge on any atom is 0.251 e. The van der Waals surface area contributed by atoms with Gasteiger partial charge in [-0.2, -0.15) is 0 Å². The van der Waals surface area contributed by atoms with E-state index in [0.717, 1.165) is 37.5 Å². The smallest absolute Gasteiger partial charge is 0.251 e. The molecule has 0 bridgehead atoms. The molecule has 26 heavy (non-hydrogen) atoms. The number of hydrogen-bond donors (Lipinski definition) is 3. The minimum atomic E-state index is -0.0288. The van der Waals surface area contributed by atoms with Gasteiger partial charge in [0.05, 0.1) is 0 Å². The summed E-state index contributed by atoms with van der Waals surface area (Å²) in [6.45, 7) is 8.99. The molecule has 0 aromatic heterocycles. The number of nitrogens with one attached hydrogen (secondary N) is 3. The SMILES string of the molecule is CCCN1CCC(NC(=NC)NCc2ccc(C(=O)NCC)cc2)CC1. The number of hydrogen-bond acceptors (Lipinski definition) is 3. The van der Waals surface area contributed by atoms with Crippen LogP contribution in [0.25, 0.3) is 0 Å². The van der Waals surface area contributed by atoms with Gasteiger partial charge in [0, 0.05) is 44.8 Å². The van der Waals surface area contributed by atoms with E-state index in [1.165, 1.54) is 13.0 Å². The lowest BCUT2D eigenvalue weighted by Gasteiger charge is -2.32. The third-order valence-electron chi connectivity index (χ3n) is 4.71. The molecule has 6 heteroatoms. The van der Waals surface area contributed by atoms with Gasteiger partial charge >= 0.3 is 0 Å². The number of likely N-dealkylation sites (tertiary alicyclic amines) is 1. The maximum absolute atomic E-state index is 11.8. The Morgan fingerprint density at radius 3 is 2.42 bits per heavy atom. The van der Waals surface area contributed by atoms with E-state index in [0.29, 0.717) is 24.7 Å². The van der Waals surface area contributed by atoms with Crippen LogP contribution in [-0.2, 0) is 6.54 Å². The fraction of sp³-hybridized carbons (Fsp3) is 0.600. The van der Waals surface area contributed by atoms with Crippen LogP contribution in [0.5, 0.6) is 0 Å². The van der Waals surface area contributed by atoms with Crippen LogP contribution in [0.2, 0.25) is 0 Å². The van der Waals surface area contributed by atoms with Crippen LogP contribution in [0.1, 0.15) is 49.0 Å². The minimum absolute atomic E-state index is 0.0288. The number of rotatable bonds is 7. The molecule has 1 aliphatic heterocycles. The summed E-state index contributed by atoms with van der Waals surface area (Å²) in [6.07, 6.45) is 3.53. The third-order valence-corrected chi connectivity index (χ3v) is 4.71. The van der Waals surface area contributed by atoms with E-state index in [9.17, 15) is 4.79 Å². The molecule has 1 fully saturated rings. The Hall–Kier alpha value is -2.08. The Bertz CT molecular complexity index is 576. The fourth-order valence-electron chi connectivity index (χ4n) is 3.23. The van der Waals surface area contributed by atoms with Crippen molar-refractivity contribution in [1.29, 1.82) is 0 Å². The van der Waals surface area contributed by atoms with Gasteiger partial charge in [0.1, 0.15) is 0 Å². The molecule has 1 amide bonds. The lowest BCUT2D eigenvalue weighted by atomic mass is 10.1. The number of amides is 1. The van der Waals surface area contributed by atoms with Crippen molar-refractivity contribution in [3.05, 3.63) is 35.4 Å². The second kappa shape index (κ2) is 10.8. The largest absolute Gasteiger partial charge is 0.354 e.